The molecule has 3 aromatic rings. The molecule has 31 heavy (non-hydrogen) atoms. The van der Waals surface area contributed by atoms with Crippen LogP contribution in [0.5, 0.6) is 0 Å². The van der Waals surface area contributed by atoms with Crippen molar-refractivity contribution >= 4 is 39.6 Å². The molecule has 0 heterocycles. The zero-order valence-electron chi connectivity index (χ0n) is 17.5. The lowest BCUT2D eigenvalue weighted by Gasteiger charge is -2.31. The van der Waals surface area contributed by atoms with Gasteiger partial charge in [-0.25, -0.2) is 0 Å². The summed E-state index contributed by atoms with van der Waals surface area (Å²) in [6, 6.07) is 25.8. The molecular weight excluding hydrogens is 477 g/mol. The van der Waals surface area contributed by atoms with Crippen LogP contribution in [0.25, 0.3) is 0 Å². The van der Waals surface area contributed by atoms with Crippen molar-refractivity contribution < 1.29 is 18.8 Å². The van der Waals surface area contributed by atoms with Gasteiger partial charge >= 0.3 is 0 Å². The summed E-state index contributed by atoms with van der Waals surface area (Å²) in [5, 5.41) is 1.38. The predicted molar refractivity (Wildman–Crippen MR) is 128 cm³/mol. The fraction of sp³-hybridized carbons (Fsp3) is 0.208. The number of nitrogens with zero attached hydrogens (tertiary/aromatic N) is 1. The third-order valence-electron chi connectivity index (χ3n) is 5.00. The lowest BCUT2D eigenvalue weighted by molar-refractivity contribution is -0.110. The normalized spacial score (nSPS) is 11.5. The van der Waals surface area contributed by atoms with Gasteiger partial charge in [0.25, 0.3) is 5.91 Å². The topological polar surface area (TPSA) is 55.8 Å². The number of amides is 1. The van der Waals surface area contributed by atoms with Crippen LogP contribution in [0.4, 0.5) is 0 Å². The Labute approximate surface area is 191 Å². The van der Waals surface area contributed by atoms with Gasteiger partial charge in [0.2, 0.25) is 0 Å². The van der Waals surface area contributed by atoms with E-state index >= 15 is 0 Å². The van der Waals surface area contributed by atoms with Crippen molar-refractivity contribution in [2.75, 3.05) is 27.1 Å². The monoisotopic (exact) mass is 501 g/mol. The second kappa shape index (κ2) is 10.9. The highest BCUT2D eigenvalue weighted by molar-refractivity contribution is 9.10. The molecule has 0 unspecified atom stereocenters. The summed E-state index contributed by atoms with van der Waals surface area (Å²) in [5.74, 6) is -0.251. The third kappa shape index (κ3) is 5.52. The standard InChI is InChI=1S/C24H25BrNO4P/c1-29-23(30-2)17-26(24(27)21-15-9-10-16-22(21)25)18-31(28,19-11-5-3-6-12-19)20-13-7-4-8-14-20/h3-16,23H,17-18H2,1-2H3. The Bertz CT molecular complexity index is 998. The van der Waals surface area contributed by atoms with E-state index in [1.54, 1.807) is 17.0 Å². The number of benzene rings is 3. The van der Waals surface area contributed by atoms with E-state index in [4.69, 9.17) is 9.47 Å². The minimum absolute atomic E-state index is 0.0183. The Morgan fingerprint density at radius 2 is 1.35 bits per heavy atom. The maximum Gasteiger partial charge on any atom is 0.255 e. The highest BCUT2D eigenvalue weighted by Gasteiger charge is 2.33. The van der Waals surface area contributed by atoms with E-state index in [0.29, 0.717) is 20.6 Å². The van der Waals surface area contributed by atoms with Crippen molar-refractivity contribution in [3.05, 3.63) is 95.0 Å². The van der Waals surface area contributed by atoms with Gasteiger partial charge in [-0.1, -0.05) is 72.8 Å². The molecule has 3 aromatic carbocycles. The van der Waals surface area contributed by atoms with Crippen LogP contribution in [0.3, 0.4) is 0 Å². The van der Waals surface area contributed by atoms with E-state index in [-0.39, 0.29) is 18.7 Å². The average Bonchev–Trinajstić information content (AvgIpc) is 2.82. The molecular formula is C24H25BrNO4P. The smallest absolute Gasteiger partial charge is 0.255 e. The first-order valence-electron chi connectivity index (χ1n) is 9.79. The van der Waals surface area contributed by atoms with Crippen LogP contribution in [0, 0.1) is 0 Å². The first kappa shape index (κ1) is 23.4. The van der Waals surface area contributed by atoms with Crippen molar-refractivity contribution in [2.45, 2.75) is 6.29 Å². The van der Waals surface area contributed by atoms with E-state index in [1.165, 1.54) is 14.2 Å². The van der Waals surface area contributed by atoms with Gasteiger partial charge in [-0.15, -0.1) is 0 Å². The van der Waals surface area contributed by atoms with Crippen LogP contribution in [0.15, 0.2) is 89.4 Å². The summed E-state index contributed by atoms with van der Waals surface area (Å²) in [7, 11) is -0.134. The fourth-order valence-corrected chi connectivity index (χ4v) is 6.44. The Kier molecular flexibility index (Phi) is 8.22. The van der Waals surface area contributed by atoms with Crippen LogP contribution in [-0.2, 0) is 14.0 Å². The van der Waals surface area contributed by atoms with E-state index in [9.17, 15) is 9.36 Å². The number of rotatable bonds is 9. The highest BCUT2D eigenvalue weighted by atomic mass is 79.9. The van der Waals surface area contributed by atoms with Gasteiger partial charge in [0.15, 0.2) is 13.4 Å². The van der Waals surface area contributed by atoms with Gasteiger partial charge in [-0.05, 0) is 28.1 Å². The Morgan fingerprint density at radius 3 is 1.84 bits per heavy atom. The van der Waals surface area contributed by atoms with Gasteiger partial charge in [-0.3, -0.25) is 4.79 Å². The highest BCUT2D eigenvalue weighted by Crippen LogP contribution is 2.44. The molecule has 0 aromatic heterocycles. The molecule has 3 rings (SSSR count). The summed E-state index contributed by atoms with van der Waals surface area (Å²) < 4.78 is 25.9. The molecule has 0 N–H and O–H groups in total. The zero-order chi connectivity index (χ0) is 22.3. The average molecular weight is 502 g/mol. The Hall–Kier alpha value is -2.24. The lowest BCUT2D eigenvalue weighted by atomic mass is 10.2. The minimum Gasteiger partial charge on any atom is -0.354 e. The van der Waals surface area contributed by atoms with Crippen molar-refractivity contribution in [3.8, 4) is 0 Å². The number of hydrogen-bond acceptors (Lipinski definition) is 4. The SMILES string of the molecule is COC(CN(CP(=O)(c1ccccc1)c1ccccc1)C(=O)c1ccccc1Br)OC. The third-order valence-corrected chi connectivity index (χ3v) is 8.70. The molecule has 0 atom stereocenters. The summed E-state index contributed by atoms with van der Waals surface area (Å²) in [4.78, 5) is 15.1. The molecule has 0 aliphatic rings. The Morgan fingerprint density at radius 1 is 0.871 bits per heavy atom. The van der Waals surface area contributed by atoms with Crippen LogP contribution in [0.2, 0.25) is 0 Å². The lowest BCUT2D eigenvalue weighted by Crippen LogP contribution is -2.41. The predicted octanol–water partition coefficient (Wildman–Crippen LogP) is 4.48. The summed E-state index contributed by atoms with van der Waals surface area (Å²) in [6.07, 6.45) is -0.629. The van der Waals surface area contributed by atoms with Crippen molar-refractivity contribution in [3.63, 3.8) is 0 Å². The molecule has 7 heteroatoms. The minimum atomic E-state index is -3.17. The molecule has 0 fully saturated rings. The van der Waals surface area contributed by atoms with E-state index in [0.717, 1.165) is 0 Å². The van der Waals surface area contributed by atoms with Crippen molar-refractivity contribution in [1.82, 2.24) is 4.90 Å². The number of ether oxygens (including phenoxy) is 2. The van der Waals surface area contributed by atoms with E-state index < -0.39 is 13.4 Å². The number of hydrogen-bond donors (Lipinski definition) is 0. The van der Waals surface area contributed by atoms with Gasteiger partial charge in [0, 0.05) is 29.3 Å². The molecule has 0 saturated carbocycles. The van der Waals surface area contributed by atoms with Gasteiger partial charge < -0.3 is 18.9 Å². The van der Waals surface area contributed by atoms with Crippen LogP contribution >= 0.6 is 23.1 Å². The molecule has 0 aliphatic carbocycles. The van der Waals surface area contributed by atoms with Crippen LogP contribution in [0.1, 0.15) is 10.4 Å². The number of carbonyl (C=O) groups is 1. The molecule has 0 spiro atoms. The molecule has 1 amide bonds. The van der Waals surface area contributed by atoms with Crippen molar-refractivity contribution in [2.24, 2.45) is 0 Å². The fourth-order valence-electron chi connectivity index (χ4n) is 3.33. The maximum absolute atomic E-state index is 14.5. The molecule has 0 radical (unpaired) electrons. The van der Waals surface area contributed by atoms with Gasteiger partial charge in [0.1, 0.15) is 0 Å². The first-order valence-corrected chi connectivity index (χ1v) is 12.5. The molecule has 0 bridgehead atoms. The Balaban J connectivity index is 2.07. The van der Waals surface area contributed by atoms with E-state index in [1.807, 2.05) is 72.8 Å². The second-order valence-corrected chi connectivity index (χ2v) is 10.6. The maximum atomic E-state index is 14.5. The van der Waals surface area contributed by atoms with Crippen molar-refractivity contribution in [1.29, 1.82) is 0 Å². The number of carbonyl (C=O) groups excluding carboxylic acids is 1. The van der Waals surface area contributed by atoms with Crippen LogP contribution in [-0.4, -0.2) is 44.1 Å². The first-order chi connectivity index (χ1) is 15.0. The largest absolute Gasteiger partial charge is 0.354 e. The number of methoxy groups -OCH3 is 2. The van der Waals surface area contributed by atoms with Gasteiger partial charge in [-0.2, -0.15) is 0 Å². The van der Waals surface area contributed by atoms with Crippen LogP contribution < -0.4 is 10.6 Å². The number of halogens is 1. The van der Waals surface area contributed by atoms with Gasteiger partial charge in [0.05, 0.1) is 18.4 Å². The quantitative estimate of drug-likeness (QED) is 0.320. The molecule has 0 saturated heterocycles. The molecule has 0 aliphatic heterocycles. The molecule has 162 valence electrons. The molecule has 5 nitrogen and oxygen atoms in total. The summed E-state index contributed by atoms with van der Waals surface area (Å²) in [5.41, 5.74) is 0.487. The summed E-state index contributed by atoms with van der Waals surface area (Å²) >= 11 is 3.46. The zero-order valence-corrected chi connectivity index (χ0v) is 20.0. The van der Waals surface area contributed by atoms with E-state index in [2.05, 4.69) is 15.9 Å². The summed E-state index contributed by atoms with van der Waals surface area (Å²) in [6.45, 7) is 0.136. The second-order valence-electron chi connectivity index (χ2n) is 6.96.